The third-order valence-electron chi connectivity index (χ3n) is 3.30. The molecule has 8 nitrogen and oxygen atoms in total. The number of rotatable bonds is 8. The number of methoxy groups -OCH3 is 1. The molecule has 0 spiro atoms. The number of ether oxygens (including phenoxy) is 2. The van der Waals surface area contributed by atoms with Crippen molar-refractivity contribution >= 4 is 51.0 Å². The molecule has 1 amide bonds. The lowest BCUT2D eigenvalue weighted by atomic mass is 10.2. The Labute approximate surface area is 169 Å². The Kier molecular flexibility index (Phi) is 7.66. The van der Waals surface area contributed by atoms with Crippen LogP contribution >= 0.6 is 27.7 Å². The summed E-state index contributed by atoms with van der Waals surface area (Å²) in [5, 5.41) is 18.8. The smallest absolute Gasteiger partial charge is 0.305 e. The Hall–Kier alpha value is -2.07. The minimum atomic E-state index is -1.04. The molecule has 2 N–H and O–H groups in total. The molecule has 0 radical (unpaired) electrons. The number of benzene rings is 1. The van der Waals surface area contributed by atoms with Gasteiger partial charge in [-0.1, -0.05) is 25.6 Å². The molecule has 146 valence electrons. The summed E-state index contributed by atoms with van der Waals surface area (Å²) in [7, 11) is 1.55. The van der Waals surface area contributed by atoms with E-state index in [0.717, 1.165) is 21.8 Å². The highest BCUT2D eigenvalue weighted by atomic mass is 79.9. The maximum atomic E-state index is 11.7. The fraction of sp³-hybridized carbons (Fsp3) is 0.412. The van der Waals surface area contributed by atoms with Gasteiger partial charge >= 0.3 is 5.97 Å². The zero-order chi connectivity index (χ0) is 20.0. The van der Waals surface area contributed by atoms with Gasteiger partial charge in [0.25, 0.3) is 0 Å². The molecule has 0 saturated carbocycles. The number of nitrogens with zero attached hydrogens (tertiary/aromatic N) is 2. The van der Waals surface area contributed by atoms with Crippen LogP contribution in [0.4, 0.5) is 0 Å². The summed E-state index contributed by atoms with van der Waals surface area (Å²) in [6.45, 7) is 4.67. The van der Waals surface area contributed by atoms with E-state index in [1.54, 1.807) is 13.2 Å². The number of nitrogens with one attached hydrogen (secondary N) is 1. The van der Waals surface area contributed by atoms with Crippen LogP contribution in [-0.2, 0) is 9.59 Å². The number of carboxylic acids is 1. The van der Waals surface area contributed by atoms with E-state index < -0.39 is 11.2 Å². The second kappa shape index (κ2) is 9.75. The minimum absolute atomic E-state index is 0.263. The molecule has 1 fully saturated rings. The third-order valence-corrected chi connectivity index (χ3v) is 4.97. The monoisotopic (exact) mass is 457 g/mol. The topological polar surface area (TPSA) is 110 Å². The maximum Gasteiger partial charge on any atom is 0.305 e. The van der Waals surface area contributed by atoms with Gasteiger partial charge in [0.1, 0.15) is 5.25 Å². The number of hydrogen-bond donors (Lipinski definition) is 2. The van der Waals surface area contributed by atoms with E-state index in [4.69, 9.17) is 14.6 Å². The zero-order valence-corrected chi connectivity index (χ0v) is 17.5. The Morgan fingerprint density at radius 3 is 2.85 bits per heavy atom. The van der Waals surface area contributed by atoms with Crippen molar-refractivity contribution in [1.29, 1.82) is 0 Å². The van der Waals surface area contributed by atoms with Gasteiger partial charge in [-0.3, -0.25) is 9.59 Å². The van der Waals surface area contributed by atoms with Crippen LogP contribution in [0.25, 0.3) is 0 Å². The van der Waals surface area contributed by atoms with Crippen LogP contribution < -0.4 is 14.8 Å². The van der Waals surface area contributed by atoms with Crippen LogP contribution in [0, 0.1) is 5.92 Å². The van der Waals surface area contributed by atoms with E-state index in [9.17, 15) is 9.59 Å². The Morgan fingerprint density at radius 1 is 1.48 bits per heavy atom. The van der Waals surface area contributed by atoms with Crippen molar-refractivity contribution < 1.29 is 24.2 Å². The summed E-state index contributed by atoms with van der Waals surface area (Å²) in [6.07, 6.45) is 1.24. The van der Waals surface area contributed by atoms with E-state index in [1.807, 2.05) is 6.07 Å². The minimum Gasteiger partial charge on any atom is -0.493 e. The van der Waals surface area contributed by atoms with Gasteiger partial charge in [-0.2, -0.15) is 5.10 Å². The van der Waals surface area contributed by atoms with E-state index >= 15 is 0 Å². The summed E-state index contributed by atoms with van der Waals surface area (Å²) in [4.78, 5) is 22.4. The number of amidine groups is 1. The predicted octanol–water partition coefficient (Wildman–Crippen LogP) is 2.89. The molecule has 1 heterocycles. The summed E-state index contributed by atoms with van der Waals surface area (Å²) in [6, 6.07) is 3.58. The molecule has 0 aliphatic carbocycles. The van der Waals surface area contributed by atoms with Crippen LogP contribution in [0.5, 0.6) is 11.5 Å². The largest absolute Gasteiger partial charge is 0.493 e. The van der Waals surface area contributed by atoms with Crippen LogP contribution in [0.1, 0.15) is 25.8 Å². The van der Waals surface area contributed by atoms with Crippen molar-refractivity contribution in [1.82, 2.24) is 5.32 Å². The van der Waals surface area contributed by atoms with Gasteiger partial charge < -0.3 is 19.9 Å². The van der Waals surface area contributed by atoms with Gasteiger partial charge in [-0.25, -0.2) is 0 Å². The molecule has 0 bridgehead atoms. The zero-order valence-electron chi connectivity index (χ0n) is 15.1. The average molecular weight is 458 g/mol. The van der Waals surface area contributed by atoms with Crippen LogP contribution in [0.15, 0.2) is 26.8 Å². The summed E-state index contributed by atoms with van der Waals surface area (Å²) < 4.78 is 11.9. The second-order valence-electron chi connectivity index (χ2n) is 6.08. The number of amides is 1. The van der Waals surface area contributed by atoms with Crippen molar-refractivity contribution in [2.45, 2.75) is 25.5 Å². The molecule has 1 aromatic rings. The average Bonchev–Trinajstić information content (AvgIpc) is 2.92. The van der Waals surface area contributed by atoms with Gasteiger partial charge in [0.15, 0.2) is 16.7 Å². The van der Waals surface area contributed by atoms with Crippen LogP contribution in [0.3, 0.4) is 0 Å². The lowest BCUT2D eigenvalue weighted by Crippen LogP contribution is -2.26. The number of thioether (sulfide) groups is 1. The highest BCUT2D eigenvalue weighted by molar-refractivity contribution is 9.10. The van der Waals surface area contributed by atoms with E-state index in [1.165, 1.54) is 6.21 Å². The van der Waals surface area contributed by atoms with E-state index in [2.05, 4.69) is 45.3 Å². The first-order valence-electron chi connectivity index (χ1n) is 8.10. The summed E-state index contributed by atoms with van der Waals surface area (Å²) in [5.74, 6) is 0.133. The van der Waals surface area contributed by atoms with Crippen molar-refractivity contribution in [3.63, 3.8) is 0 Å². The SMILES string of the molecule is COc1cc(C=NN=C2NC(=O)C(CC(=O)O)S2)cc(Br)c1OCC(C)C. The number of halogens is 1. The van der Waals surface area contributed by atoms with Crippen molar-refractivity contribution in [3.8, 4) is 11.5 Å². The fourth-order valence-corrected chi connectivity index (χ4v) is 3.59. The van der Waals surface area contributed by atoms with E-state index in [0.29, 0.717) is 24.0 Å². The first kappa shape index (κ1) is 21.2. The molecule has 1 atom stereocenters. The standard InChI is InChI=1S/C17H20BrN3O5S/c1-9(2)8-26-15-11(18)4-10(5-12(15)25-3)7-19-21-17-20-16(24)13(27-17)6-14(22)23/h4-5,7,9,13H,6,8H2,1-3H3,(H,22,23)(H,20,21,24). The third kappa shape index (κ3) is 6.24. The first-order valence-corrected chi connectivity index (χ1v) is 9.78. The molecule has 0 aromatic heterocycles. The first-order chi connectivity index (χ1) is 12.8. The van der Waals surface area contributed by atoms with Gasteiger partial charge in [0, 0.05) is 0 Å². The molecule has 1 saturated heterocycles. The number of aliphatic carboxylic acids is 1. The van der Waals surface area contributed by atoms with Crippen molar-refractivity contribution in [2.75, 3.05) is 13.7 Å². The Morgan fingerprint density at radius 2 is 2.22 bits per heavy atom. The molecule has 27 heavy (non-hydrogen) atoms. The van der Waals surface area contributed by atoms with Crippen molar-refractivity contribution in [3.05, 3.63) is 22.2 Å². The Balaban J connectivity index is 2.10. The number of carbonyl (C=O) groups excluding carboxylic acids is 1. The van der Waals surface area contributed by atoms with Gasteiger partial charge in [0.2, 0.25) is 5.91 Å². The fourth-order valence-electron chi connectivity index (χ4n) is 2.10. The molecule has 1 aromatic carbocycles. The molecule has 1 unspecified atom stereocenters. The second-order valence-corrected chi connectivity index (χ2v) is 8.13. The lowest BCUT2D eigenvalue weighted by Gasteiger charge is -2.14. The van der Waals surface area contributed by atoms with Gasteiger partial charge in [-0.05, 0) is 39.5 Å². The lowest BCUT2D eigenvalue weighted by molar-refractivity contribution is -0.138. The Bertz CT molecular complexity index is 782. The molecular formula is C17H20BrN3O5S. The molecule has 1 aliphatic heterocycles. The molecule has 1 aliphatic rings. The maximum absolute atomic E-state index is 11.7. The van der Waals surface area contributed by atoms with Crippen LogP contribution in [-0.4, -0.2) is 47.3 Å². The normalized spacial score (nSPS) is 18.3. The van der Waals surface area contributed by atoms with E-state index in [-0.39, 0.29) is 17.5 Å². The number of hydrogen-bond acceptors (Lipinski definition) is 7. The summed E-state index contributed by atoms with van der Waals surface area (Å²) >= 11 is 4.51. The predicted molar refractivity (Wildman–Crippen MR) is 108 cm³/mol. The summed E-state index contributed by atoms with van der Waals surface area (Å²) in [5.41, 5.74) is 0.719. The molecule has 10 heteroatoms. The van der Waals surface area contributed by atoms with Gasteiger partial charge in [0.05, 0.1) is 30.8 Å². The molecular weight excluding hydrogens is 438 g/mol. The van der Waals surface area contributed by atoms with Crippen molar-refractivity contribution in [2.24, 2.45) is 16.1 Å². The quantitative estimate of drug-likeness (QED) is 0.458. The highest BCUT2D eigenvalue weighted by Gasteiger charge is 2.32. The number of carbonyl (C=O) groups is 2. The highest BCUT2D eigenvalue weighted by Crippen LogP contribution is 2.36. The molecule has 2 rings (SSSR count). The van der Waals surface area contributed by atoms with Gasteiger partial charge in [-0.15, -0.1) is 5.10 Å². The van der Waals surface area contributed by atoms with Crippen LogP contribution in [0.2, 0.25) is 0 Å². The number of carboxylic acid groups (broad SMARTS) is 1.